The molecular formula is C17H37O6P. The number of ether oxygens (including phenoxy) is 2. The van der Waals surface area contributed by atoms with Crippen molar-refractivity contribution < 1.29 is 28.3 Å². The van der Waals surface area contributed by atoms with Crippen LogP contribution in [0.15, 0.2) is 0 Å². The third-order valence-corrected chi connectivity index (χ3v) is 4.27. The minimum atomic E-state index is -4.37. The number of hydrogen-bond acceptors (Lipinski definition) is 4. The van der Waals surface area contributed by atoms with Crippen LogP contribution in [0.3, 0.4) is 0 Å². The van der Waals surface area contributed by atoms with Gasteiger partial charge in [0, 0.05) is 6.61 Å². The van der Waals surface area contributed by atoms with Gasteiger partial charge in [-0.3, -0.25) is 4.52 Å². The minimum Gasteiger partial charge on any atom is -0.379 e. The average molecular weight is 368 g/mol. The van der Waals surface area contributed by atoms with E-state index in [4.69, 9.17) is 19.3 Å². The number of phosphoric acid groups is 1. The molecule has 0 saturated carbocycles. The molecule has 0 saturated heterocycles. The first-order valence-electron chi connectivity index (χ1n) is 9.42. The molecule has 0 amide bonds. The summed E-state index contributed by atoms with van der Waals surface area (Å²) in [5, 5.41) is 0. The topological polar surface area (TPSA) is 85.2 Å². The van der Waals surface area contributed by atoms with E-state index in [1.54, 1.807) is 0 Å². The molecule has 7 heteroatoms. The number of rotatable bonds is 19. The van der Waals surface area contributed by atoms with Gasteiger partial charge in [-0.1, -0.05) is 71.1 Å². The van der Waals surface area contributed by atoms with Crippen molar-refractivity contribution in [3.63, 3.8) is 0 Å². The average Bonchev–Trinajstić information content (AvgIpc) is 2.52. The van der Waals surface area contributed by atoms with E-state index in [0.29, 0.717) is 13.2 Å². The van der Waals surface area contributed by atoms with E-state index in [1.807, 2.05) is 0 Å². The molecule has 146 valence electrons. The number of unbranched alkanes of at least 4 members (excludes halogenated alkanes) is 10. The molecule has 2 N–H and O–H groups in total. The molecule has 0 unspecified atom stereocenters. The van der Waals surface area contributed by atoms with Gasteiger partial charge >= 0.3 is 7.82 Å². The van der Waals surface area contributed by atoms with E-state index in [0.717, 1.165) is 13.0 Å². The predicted octanol–water partition coefficient (Wildman–Crippen LogP) is 4.44. The van der Waals surface area contributed by atoms with Gasteiger partial charge < -0.3 is 19.3 Å². The van der Waals surface area contributed by atoms with Crippen LogP contribution in [0.4, 0.5) is 0 Å². The van der Waals surface area contributed by atoms with Crippen molar-refractivity contribution in [3.8, 4) is 0 Å². The summed E-state index contributed by atoms with van der Waals surface area (Å²) in [5.74, 6) is 0. The SMILES string of the molecule is CCCCCCCCCCCCCOCCOCCOP(=O)(O)O. The first kappa shape index (κ1) is 24.0. The van der Waals surface area contributed by atoms with Crippen molar-refractivity contribution in [3.05, 3.63) is 0 Å². The van der Waals surface area contributed by atoms with E-state index < -0.39 is 7.82 Å². The molecule has 0 aromatic rings. The van der Waals surface area contributed by atoms with Gasteiger partial charge in [-0.05, 0) is 6.42 Å². The molecule has 0 spiro atoms. The Morgan fingerprint density at radius 1 is 0.625 bits per heavy atom. The first-order chi connectivity index (χ1) is 11.6. The van der Waals surface area contributed by atoms with E-state index in [1.165, 1.54) is 64.2 Å². The second-order valence-electron chi connectivity index (χ2n) is 6.08. The summed E-state index contributed by atoms with van der Waals surface area (Å²) in [6.07, 6.45) is 14.5. The van der Waals surface area contributed by atoms with Crippen LogP contribution in [0.1, 0.15) is 77.6 Å². The predicted molar refractivity (Wildman–Crippen MR) is 96.1 cm³/mol. The van der Waals surface area contributed by atoms with Crippen molar-refractivity contribution in [2.75, 3.05) is 33.0 Å². The lowest BCUT2D eigenvalue weighted by molar-refractivity contribution is 0.0312. The van der Waals surface area contributed by atoms with Gasteiger partial charge in [0.15, 0.2) is 0 Å². The zero-order valence-corrected chi connectivity index (χ0v) is 16.2. The summed E-state index contributed by atoms with van der Waals surface area (Å²) in [6, 6.07) is 0. The molecule has 0 aromatic carbocycles. The Bertz CT molecular complexity index is 295. The fraction of sp³-hybridized carbons (Fsp3) is 1.00. The van der Waals surface area contributed by atoms with Gasteiger partial charge in [0.05, 0.1) is 26.4 Å². The van der Waals surface area contributed by atoms with Crippen molar-refractivity contribution in [2.45, 2.75) is 77.6 Å². The lowest BCUT2D eigenvalue weighted by Crippen LogP contribution is -2.09. The van der Waals surface area contributed by atoms with Gasteiger partial charge in [-0.25, -0.2) is 4.57 Å². The summed E-state index contributed by atoms with van der Waals surface area (Å²) in [7, 11) is -4.37. The molecule has 0 aliphatic rings. The summed E-state index contributed by atoms with van der Waals surface area (Å²) in [4.78, 5) is 16.9. The van der Waals surface area contributed by atoms with Crippen molar-refractivity contribution in [1.29, 1.82) is 0 Å². The highest BCUT2D eigenvalue weighted by molar-refractivity contribution is 7.46. The van der Waals surface area contributed by atoms with Crippen LogP contribution in [-0.4, -0.2) is 42.8 Å². The minimum absolute atomic E-state index is 0.108. The quantitative estimate of drug-likeness (QED) is 0.259. The Labute approximate surface area is 147 Å². The Morgan fingerprint density at radius 2 is 1.04 bits per heavy atom. The maximum atomic E-state index is 10.4. The molecule has 0 fully saturated rings. The fourth-order valence-corrected chi connectivity index (χ4v) is 2.72. The second kappa shape index (κ2) is 17.8. The molecule has 0 aromatic heterocycles. The van der Waals surface area contributed by atoms with E-state index in [9.17, 15) is 4.57 Å². The summed E-state index contributed by atoms with van der Waals surface area (Å²) in [6.45, 7) is 3.98. The zero-order valence-electron chi connectivity index (χ0n) is 15.3. The second-order valence-corrected chi connectivity index (χ2v) is 7.32. The van der Waals surface area contributed by atoms with Crippen LogP contribution < -0.4 is 0 Å². The van der Waals surface area contributed by atoms with Crippen LogP contribution >= 0.6 is 7.82 Å². The summed E-state index contributed by atoms with van der Waals surface area (Å²) >= 11 is 0. The third-order valence-electron chi connectivity index (χ3n) is 3.75. The summed E-state index contributed by atoms with van der Waals surface area (Å²) < 4.78 is 25.2. The Morgan fingerprint density at radius 3 is 1.54 bits per heavy atom. The van der Waals surface area contributed by atoms with Crippen LogP contribution in [-0.2, 0) is 18.6 Å². The molecule has 0 bridgehead atoms. The van der Waals surface area contributed by atoms with Crippen LogP contribution in [0.2, 0.25) is 0 Å². The Hall–Kier alpha value is 0.0300. The number of hydrogen-bond donors (Lipinski definition) is 2. The fourth-order valence-electron chi connectivity index (χ4n) is 2.41. The molecule has 0 heterocycles. The van der Waals surface area contributed by atoms with Gasteiger partial charge in [-0.15, -0.1) is 0 Å². The lowest BCUT2D eigenvalue weighted by atomic mass is 10.1. The number of phosphoric ester groups is 1. The zero-order chi connectivity index (χ0) is 17.9. The third kappa shape index (κ3) is 22.0. The molecule has 24 heavy (non-hydrogen) atoms. The van der Waals surface area contributed by atoms with Crippen LogP contribution in [0, 0.1) is 0 Å². The van der Waals surface area contributed by atoms with Gasteiger partial charge in [0.1, 0.15) is 0 Å². The van der Waals surface area contributed by atoms with Gasteiger partial charge in [0.2, 0.25) is 0 Å². The molecule has 0 aliphatic carbocycles. The largest absolute Gasteiger partial charge is 0.469 e. The molecule has 0 radical (unpaired) electrons. The Kier molecular flexibility index (Phi) is 17.9. The normalized spacial score (nSPS) is 12.0. The molecule has 0 aliphatic heterocycles. The van der Waals surface area contributed by atoms with E-state index in [2.05, 4.69) is 11.4 Å². The molecule has 0 atom stereocenters. The molecular weight excluding hydrogens is 331 g/mol. The highest BCUT2D eigenvalue weighted by Crippen LogP contribution is 2.35. The maximum absolute atomic E-state index is 10.4. The molecule has 0 rings (SSSR count). The van der Waals surface area contributed by atoms with Crippen molar-refractivity contribution >= 4 is 7.82 Å². The highest BCUT2D eigenvalue weighted by Gasteiger charge is 2.12. The van der Waals surface area contributed by atoms with E-state index in [-0.39, 0.29) is 13.2 Å². The van der Waals surface area contributed by atoms with Gasteiger partial charge in [-0.2, -0.15) is 0 Å². The maximum Gasteiger partial charge on any atom is 0.469 e. The first-order valence-corrected chi connectivity index (χ1v) is 10.9. The van der Waals surface area contributed by atoms with Crippen LogP contribution in [0.5, 0.6) is 0 Å². The van der Waals surface area contributed by atoms with Crippen molar-refractivity contribution in [1.82, 2.24) is 0 Å². The molecule has 6 nitrogen and oxygen atoms in total. The van der Waals surface area contributed by atoms with Crippen LogP contribution in [0.25, 0.3) is 0 Å². The van der Waals surface area contributed by atoms with Gasteiger partial charge in [0.25, 0.3) is 0 Å². The van der Waals surface area contributed by atoms with E-state index >= 15 is 0 Å². The standard InChI is InChI=1S/C17H37O6P/c1-2-3-4-5-6-7-8-9-10-11-12-13-21-14-15-22-16-17-23-24(18,19)20/h2-17H2,1H3,(H2,18,19,20). The lowest BCUT2D eigenvalue weighted by Gasteiger charge is -2.07. The summed E-state index contributed by atoms with van der Waals surface area (Å²) in [5.41, 5.74) is 0. The smallest absolute Gasteiger partial charge is 0.379 e. The Balaban J connectivity index is 3.02. The highest BCUT2D eigenvalue weighted by atomic mass is 31.2. The monoisotopic (exact) mass is 368 g/mol. The van der Waals surface area contributed by atoms with Crippen molar-refractivity contribution in [2.24, 2.45) is 0 Å².